The molecule has 0 atom stereocenters. The van der Waals surface area contributed by atoms with Gasteiger partial charge in [0, 0.05) is 25.2 Å². The van der Waals surface area contributed by atoms with Crippen molar-refractivity contribution in [3.8, 4) is 11.5 Å². The highest BCUT2D eigenvalue weighted by Crippen LogP contribution is 2.21. The van der Waals surface area contributed by atoms with E-state index in [2.05, 4.69) is 5.32 Å². The van der Waals surface area contributed by atoms with Gasteiger partial charge in [-0.25, -0.2) is 0 Å². The fourth-order valence-corrected chi connectivity index (χ4v) is 3.06. The van der Waals surface area contributed by atoms with Crippen LogP contribution in [0, 0.1) is 0 Å². The Balaban J connectivity index is 1.37. The lowest BCUT2D eigenvalue weighted by Gasteiger charge is -2.16. The van der Waals surface area contributed by atoms with E-state index in [4.69, 9.17) is 9.47 Å². The normalized spacial score (nSPS) is 13.5. The fraction of sp³-hybridized carbons (Fsp3) is 0.364. The molecule has 148 valence electrons. The van der Waals surface area contributed by atoms with Crippen molar-refractivity contribution in [3.05, 3.63) is 54.1 Å². The molecule has 1 aliphatic heterocycles. The van der Waals surface area contributed by atoms with Crippen LogP contribution >= 0.6 is 0 Å². The minimum atomic E-state index is -0.0651. The average Bonchev–Trinajstić information content (AvgIpc) is 3.14. The molecule has 0 bridgehead atoms. The molecule has 0 radical (unpaired) electrons. The summed E-state index contributed by atoms with van der Waals surface area (Å²) >= 11 is 0. The molecular formula is C22H26N2O4. The van der Waals surface area contributed by atoms with Gasteiger partial charge in [-0.15, -0.1) is 0 Å². The smallest absolute Gasteiger partial charge is 0.227 e. The van der Waals surface area contributed by atoms with Gasteiger partial charge in [-0.3, -0.25) is 9.59 Å². The zero-order valence-corrected chi connectivity index (χ0v) is 16.1. The molecule has 2 aromatic rings. The Hall–Kier alpha value is -3.02. The van der Waals surface area contributed by atoms with Crippen molar-refractivity contribution in [2.75, 3.05) is 24.7 Å². The second-order valence-corrected chi connectivity index (χ2v) is 6.59. The Morgan fingerprint density at radius 3 is 2.32 bits per heavy atom. The van der Waals surface area contributed by atoms with E-state index in [0.717, 1.165) is 30.0 Å². The largest absolute Gasteiger partial charge is 0.494 e. The van der Waals surface area contributed by atoms with Crippen molar-refractivity contribution in [2.24, 2.45) is 0 Å². The first-order valence-corrected chi connectivity index (χ1v) is 9.67. The van der Waals surface area contributed by atoms with E-state index >= 15 is 0 Å². The SMILES string of the molecule is CCOc1ccc(OCCC(=O)NCc2ccc(N3CCCC3=O)cc2)cc1. The van der Waals surface area contributed by atoms with E-state index in [9.17, 15) is 9.59 Å². The van der Waals surface area contributed by atoms with E-state index in [-0.39, 0.29) is 18.2 Å². The van der Waals surface area contributed by atoms with Crippen molar-refractivity contribution in [2.45, 2.75) is 32.7 Å². The third-order valence-electron chi connectivity index (χ3n) is 4.54. The van der Waals surface area contributed by atoms with Gasteiger partial charge in [0.25, 0.3) is 0 Å². The number of nitrogens with one attached hydrogen (secondary N) is 1. The third-order valence-corrected chi connectivity index (χ3v) is 4.54. The number of hydrogen-bond donors (Lipinski definition) is 1. The fourth-order valence-electron chi connectivity index (χ4n) is 3.06. The number of carbonyl (C=O) groups excluding carboxylic acids is 2. The predicted molar refractivity (Wildman–Crippen MR) is 108 cm³/mol. The topological polar surface area (TPSA) is 67.9 Å². The Bertz CT molecular complexity index is 787. The summed E-state index contributed by atoms with van der Waals surface area (Å²) in [4.78, 5) is 25.6. The summed E-state index contributed by atoms with van der Waals surface area (Å²) in [5, 5.41) is 2.89. The van der Waals surface area contributed by atoms with Crippen LogP contribution < -0.4 is 19.7 Å². The van der Waals surface area contributed by atoms with Crippen LogP contribution in [-0.4, -0.2) is 31.6 Å². The van der Waals surface area contributed by atoms with Crippen LogP contribution in [-0.2, 0) is 16.1 Å². The molecule has 6 nitrogen and oxygen atoms in total. The molecule has 0 spiro atoms. The van der Waals surface area contributed by atoms with Crippen LogP contribution in [0.2, 0.25) is 0 Å². The lowest BCUT2D eigenvalue weighted by Crippen LogP contribution is -2.25. The van der Waals surface area contributed by atoms with Crippen LogP contribution in [0.1, 0.15) is 31.7 Å². The minimum absolute atomic E-state index is 0.0651. The van der Waals surface area contributed by atoms with Gasteiger partial charge in [-0.05, 0) is 55.3 Å². The van der Waals surface area contributed by atoms with Gasteiger partial charge < -0.3 is 19.7 Å². The molecule has 0 unspecified atom stereocenters. The van der Waals surface area contributed by atoms with E-state index in [0.29, 0.717) is 31.9 Å². The highest BCUT2D eigenvalue weighted by atomic mass is 16.5. The summed E-state index contributed by atoms with van der Waals surface area (Å²) in [6, 6.07) is 15.1. The Morgan fingerprint density at radius 2 is 1.71 bits per heavy atom. The van der Waals surface area contributed by atoms with Crippen molar-refractivity contribution in [1.82, 2.24) is 5.32 Å². The van der Waals surface area contributed by atoms with Gasteiger partial charge in [-0.1, -0.05) is 12.1 Å². The molecule has 0 aliphatic carbocycles. The van der Waals surface area contributed by atoms with Crippen LogP contribution in [0.25, 0.3) is 0 Å². The van der Waals surface area contributed by atoms with Crippen LogP contribution in [0.5, 0.6) is 11.5 Å². The number of hydrogen-bond acceptors (Lipinski definition) is 4. The van der Waals surface area contributed by atoms with Gasteiger partial charge in [0.1, 0.15) is 11.5 Å². The summed E-state index contributed by atoms with van der Waals surface area (Å²) < 4.78 is 11.0. The zero-order chi connectivity index (χ0) is 19.8. The monoisotopic (exact) mass is 382 g/mol. The number of benzene rings is 2. The number of anilines is 1. The maximum absolute atomic E-state index is 12.0. The second kappa shape index (κ2) is 9.78. The van der Waals surface area contributed by atoms with E-state index in [1.165, 1.54) is 0 Å². The van der Waals surface area contributed by atoms with Crippen LogP contribution in [0.4, 0.5) is 5.69 Å². The molecule has 1 N–H and O–H groups in total. The van der Waals surface area contributed by atoms with Crippen molar-refractivity contribution < 1.29 is 19.1 Å². The number of amides is 2. The van der Waals surface area contributed by atoms with Crippen molar-refractivity contribution in [1.29, 1.82) is 0 Å². The van der Waals surface area contributed by atoms with Gasteiger partial charge in [0.2, 0.25) is 11.8 Å². The summed E-state index contributed by atoms with van der Waals surface area (Å²) in [7, 11) is 0. The molecular weight excluding hydrogens is 356 g/mol. The lowest BCUT2D eigenvalue weighted by molar-refractivity contribution is -0.121. The Labute approximate surface area is 165 Å². The maximum Gasteiger partial charge on any atom is 0.227 e. The van der Waals surface area contributed by atoms with E-state index in [1.807, 2.05) is 55.5 Å². The van der Waals surface area contributed by atoms with E-state index < -0.39 is 0 Å². The standard InChI is InChI=1S/C22H26N2O4/c1-2-27-19-9-11-20(12-10-19)28-15-13-21(25)23-16-17-5-7-18(8-6-17)24-14-3-4-22(24)26/h5-12H,2-4,13-16H2,1H3,(H,23,25). The molecule has 28 heavy (non-hydrogen) atoms. The summed E-state index contributed by atoms with van der Waals surface area (Å²) in [6.07, 6.45) is 1.82. The van der Waals surface area contributed by atoms with Crippen molar-refractivity contribution >= 4 is 17.5 Å². The minimum Gasteiger partial charge on any atom is -0.494 e. The highest BCUT2D eigenvalue weighted by Gasteiger charge is 2.21. The maximum atomic E-state index is 12.0. The Morgan fingerprint density at radius 1 is 1.04 bits per heavy atom. The first kappa shape index (κ1) is 19.7. The predicted octanol–water partition coefficient (Wildman–Crippen LogP) is 3.30. The second-order valence-electron chi connectivity index (χ2n) is 6.59. The zero-order valence-electron chi connectivity index (χ0n) is 16.1. The number of ether oxygens (including phenoxy) is 2. The number of rotatable bonds is 9. The number of carbonyl (C=O) groups is 2. The van der Waals surface area contributed by atoms with Gasteiger partial charge in [0.15, 0.2) is 0 Å². The molecule has 0 aromatic heterocycles. The average molecular weight is 382 g/mol. The first-order chi connectivity index (χ1) is 13.7. The quantitative estimate of drug-likeness (QED) is 0.723. The Kier molecular flexibility index (Phi) is 6.89. The molecule has 2 amide bonds. The summed E-state index contributed by atoms with van der Waals surface area (Å²) in [5.41, 5.74) is 1.91. The first-order valence-electron chi connectivity index (χ1n) is 9.67. The molecule has 1 aliphatic rings. The molecule has 1 heterocycles. The third kappa shape index (κ3) is 5.49. The van der Waals surface area contributed by atoms with Gasteiger partial charge in [-0.2, -0.15) is 0 Å². The molecule has 1 saturated heterocycles. The highest BCUT2D eigenvalue weighted by molar-refractivity contribution is 5.95. The number of nitrogens with zero attached hydrogens (tertiary/aromatic N) is 1. The molecule has 6 heteroatoms. The van der Waals surface area contributed by atoms with Crippen LogP contribution in [0.15, 0.2) is 48.5 Å². The molecule has 0 saturated carbocycles. The summed E-state index contributed by atoms with van der Waals surface area (Å²) in [5.74, 6) is 1.62. The van der Waals surface area contributed by atoms with Crippen LogP contribution in [0.3, 0.4) is 0 Å². The lowest BCUT2D eigenvalue weighted by atomic mass is 10.2. The molecule has 2 aromatic carbocycles. The summed E-state index contributed by atoms with van der Waals surface area (Å²) in [6.45, 7) is 4.11. The van der Waals surface area contributed by atoms with E-state index in [1.54, 1.807) is 4.90 Å². The van der Waals surface area contributed by atoms with Crippen molar-refractivity contribution in [3.63, 3.8) is 0 Å². The molecule has 3 rings (SSSR count). The van der Waals surface area contributed by atoms with Gasteiger partial charge in [0.05, 0.1) is 19.6 Å². The molecule has 1 fully saturated rings. The van der Waals surface area contributed by atoms with Gasteiger partial charge >= 0.3 is 0 Å².